The van der Waals surface area contributed by atoms with Crippen LogP contribution in [0.5, 0.6) is 0 Å². The molecule has 1 saturated heterocycles. The lowest BCUT2D eigenvalue weighted by atomic mass is 9.98. The van der Waals surface area contributed by atoms with Crippen molar-refractivity contribution in [2.75, 3.05) is 13.1 Å². The van der Waals surface area contributed by atoms with E-state index in [1.165, 1.54) is 6.42 Å². The van der Waals surface area contributed by atoms with E-state index in [0.717, 1.165) is 37.1 Å². The maximum atomic E-state index is 12.5. The van der Waals surface area contributed by atoms with Crippen LogP contribution >= 0.6 is 0 Å². The van der Waals surface area contributed by atoms with Crippen molar-refractivity contribution in [2.45, 2.75) is 45.1 Å². The van der Waals surface area contributed by atoms with E-state index in [9.17, 15) is 4.79 Å². The second kappa shape index (κ2) is 6.66. The third kappa shape index (κ3) is 3.53. The van der Waals surface area contributed by atoms with Crippen LogP contribution in [-0.2, 0) is 11.2 Å². The van der Waals surface area contributed by atoms with Crippen molar-refractivity contribution in [1.29, 1.82) is 0 Å². The molecule has 1 aliphatic heterocycles. The largest absolute Gasteiger partial charge is 0.339 e. The van der Waals surface area contributed by atoms with Gasteiger partial charge in [-0.15, -0.1) is 0 Å². The van der Waals surface area contributed by atoms with Gasteiger partial charge in [0.25, 0.3) is 0 Å². The number of nitrogens with two attached hydrogens (primary N) is 1. The summed E-state index contributed by atoms with van der Waals surface area (Å²) in [6.45, 7) is 3.52. The number of aryl methyl sites for hydroxylation is 1. The second-order valence-electron chi connectivity index (χ2n) is 5.26. The molecular formula is C15H23N3O. The summed E-state index contributed by atoms with van der Waals surface area (Å²) < 4.78 is 0. The molecule has 0 spiro atoms. The molecule has 1 atom stereocenters. The van der Waals surface area contributed by atoms with Gasteiger partial charge in [0.05, 0.1) is 12.1 Å². The maximum absolute atomic E-state index is 12.5. The number of carbonyl (C=O) groups is 1. The Hall–Kier alpha value is -1.42. The number of hydrogen-bond donors (Lipinski definition) is 1. The minimum absolute atomic E-state index is 0.194. The summed E-state index contributed by atoms with van der Waals surface area (Å²) in [5.74, 6) is 0.194. The van der Waals surface area contributed by atoms with Crippen LogP contribution in [0.2, 0.25) is 0 Å². The fourth-order valence-electron chi connectivity index (χ4n) is 2.77. The standard InChI is InChI=1S/C15H23N3O/c1-12-5-4-9-17-14(12)11-15(19)18-10-3-2-6-13(18)7-8-16/h4-5,9,13H,2-3,6-8,10-11,16H2,1H3. The van der Waals surface area contributed by atoms with Crippen molar-refractivity contribution < 1.29 is 4.79 Å². The molecule has 4 nitrogen and oxygen atoms in total. The highest BCUT2D eigenvalue weighted by molar-refractivity contribution is 5.79. The molecule has 0 radical (unpaired) electrons. The smallest absolute Gasteiger partial charge is 0.228 e. The zero-order chi connectivity index (χ0) is 13.7. The average Bonchev–Trinajstić information content (AvgIpc) is 2.42. The Balaban J connectivity index is 2.03. The van der Waals surface area contributed by atoms with E-state index in [2.05, 4.69) is 4.98 Å². The SMILES string of the molecule is Cc1cccnc1CC(=O)N1CCCCC1CCN. The van der Waals surface area contributed by atoms with Crippen molar-refractivity contribution in [1.82, 2.24) is 9.88 Å². The molecule has 1 fully saturated rings. The second-order valence-corrected chi connectivity index (χ2v) is 5.26. The van der Waals surface area contributed by atoms with Gasteiger partial charge in [0, 0.05) is 18.8 Å². The molecule has 19 heavy (non-hydrogen) atoms. The molecule has 1 aromatic rings. The van der Waals surface area contributed by atoms with Gasteiger partial charge in [-0.25, -0.2) is 0 Å². The summed E-state index contributed by atoms with van der Waals surface area (Å²) in [4.78, 5) is 18.8. The Morgan fingerprint density at radius 2 is 2.37 bits per heavy atom. The van der Waals surface area contributed by atoms with Gasteiger partial charge in [0.1, 0.15) is 0 Å². The van der Waals surface area contributed by atoms with E-state index in [-0.39, 0.29) is 5.91 Å². The number of likely N-dealkylation sites (tertiary alicyclic amines) is 1. The summed E-state index contributed by atoms with van der Waals surface area (Å²) in [6.07, 6.45) is 6.47. The molecule has 0 aliphatic carbocycles. The Bertz CT molecular complexity index is 431. The van der Waals surface area contributed by atoms with Crippen LogP contribution in [-0.4, -0.2) is 34.9 Å². The molecule has 0 saturated carbocycles. The first-order valence-electron chi connectivity index (χ1n) is 7.12. The van der Waals surface area contributed by atoms with Crippen molar-refractivity contribution >= 4 is 5.91 Å². The highest BCUT2D eigenvalue weighted by Crippen LogP contribution is 2.20. The van der Waals surface area contributed by atoms with E-state index in [0.29, 0.717) is 19.0 Å². The van der Waals surface area contributed by atoms with E-state index >= 15 is 0 Å². The molecule has 0 bridgehead atoms. The summed E-state index contributed by atoms with van der Waals surface area (Å²) in [5.41, 5.74) is 7.63. The number of carbonyl (C=O) groups excluding carboxylic acids is 1. The fraction of sp³-hybridized carbons (Fsp3) is 0.600. The molecule has 1 unspecified atom stereocenters. The fourth-order valence-corrected chi connectivity index (χ4v) is 2.77. The maximum Gasteiger partial charge on any atom is 0.228 e. The van der Waals surface area contributed by atoms with Crippen LogP contribution in [0.15, 0.2) is 18.3 Å². The number of aromatic nitrogens is 1. The molecule has 0 aromatic carbocycles. The normalized spacial score (nSPS) is 19.5. The monoisotopic (exact) mass is 261 g/mol. The minimum atomic E-state index is 0.194. The van der Waals surface area contributed by atoms with Crippen molar-refractivity contribution in [3.8, 4) is 0 Å². The van der Waals surface area contributed by atoms with Gasteiger partial charge in [0.2, 0.25) is 5.91 Å². The minimum Gasteiger partial charge on any atom is -0.339 e. The van der Waals surface area contributed by atoms with E-state index < -0.39 is 0 Å². The first-order valence-corrected chi connectivity index (χ1v) is 7.12. The predicted octanol–water partition coefficient (Wildman–Crippen LogP) is 1.66. The van der Waals surface area contributed by atoms with Crippen LogP contribution in [0, 0.1) is 6.92 Å². The lowest BCUT2D eigenvalue weighted by Crippen LogP contribution is -2.45. The molecule has 1 amide bonds. The van der Waals surface area contributed by atoms with Crippen LogP contribution < -0.4 is 5.73 Å². The topological polar surface area (TPSA) is 59.2 Å². The van der Waals surface area contributed by atoms with Crippen molar-refractivity contribution in [2.24, 2.45) is 5.73 Å². The zero-order valence-corrected chi connectivity index (χ0v) is 11.6. The summed E-state index contributed by atoms with van der Waals surface area (Å²) in [7, 11) is 0. The molecule has 1 aromatic heterocycles. The number of amides is 1. The highest BCUT2D eigenvalue weighted by Gasteiger charge is 2.26. The van der Waals surface area contributed by atoms with Gasteiger partial charge < -0.3 is 10.6 Å². The summed E-state index contributed by atoms with van der Waals surface area (Å²) in [5, 5.41) is 0. The number of piperidine rings is 1. The number of rotatable bonds is 4. The van der Waals surface area contributed by atoms with Crippen molar-refractivity contribution in [3.05, 3.63) is 29.6 Å². The first-order chi connectivity index (χ1) is 9.22. The third-order valence-corrected chi connectivity index (χ3v) is 3.88. The Morgan fingerprint density at radius 1 is 1.53 bits per heavy atom. The molecular weight excluding hydrogens is 238 g/mol. The van der Waals surface area contributed by atoms with Gasteiger partial charge in [-0.3, -0.25) is 9.78 Å². The number of pyridine rings is 1. The molecule has 2 heterocycles. The summed E-state index contributed by atoms with van der Waals surface area (Å²) >= 11 is 0. The quantitative estimate of drug-likeness (QED) is 0.896. The molecule has 1 aliphatic rings. The van der Waals surface area contributed by atoms with E-state index in [1.807, 2.05) is 24.0 Å². The van der Waals surface area contributed by atoms with Crippen LogP contribution in [0.4, 0.5) is 0 Å². The first kappa shape index (κ1) is 14.0. The van der Waals surface area contributed by atoms with Gasteiger partial charge in [-0.2, -0.15) is 0 Å². The Labute approximate surface area is 115 Å². The Kier molecular flexibility index (Phi) is 4.91. The van der Waals surface area contributed by atoms with Crippen molar-refractivity contribution in [3.63, 3.8) is 0 Å². The highest BCUT2D eigenvalue weighted by atomic mass is 16.2. The third-order valence-electron chi connectivity index (χ3n) is 3.88. The van der Waals surface area contributed by atoms with Crippen LogP contribution in [0.3, 0.4) is 0 Å². The average molecular weight is 261 g/mol. The number of nitrogens with zero attached hydrogens (tertiary/aromatic N) is 2. The molecule has 2 rings (SSSR count). The van der Waals surface area contributed by atoms with E-state index in [1.54, 1.807) is 6.20 Å². The summed E-state index contributed by atoms with van der Waals surface area (Å²) in [6, 6.07) is 4.24. The zero-order valence-electron chi connectivity index (χ0n) is 11.6. The van der Waals surface area contributed by atoms with Gasteiger partial charge in [-0.05, 0) is 50.8 Å². The van der Waals surface area contributed by atoms with Gasteiger partial charge in [0.15, 0.2) is 0 Å². The lowest BCUT2D eigenvalue weighted by molar-refractivity contribution is -0.134. The van der Waals surface area contributed by atoms with E-state index in [4.69, 9.17) is 5.73 Å². The molecule has 4 heteroatoms. The van der Waals surface area contributed by atoms with Crippen LogP contribution in [0.25, 0.3) is 0 Å². The Morgan fingerprint density at radius 3 is 3.11 bits per heavy atom. The number of hydrogen-bond acceptors (Lipinski definition) is 3. The van der Waals surface area contributed by atoms with Gasteiger partial charge in [-0.1, -0.05) is 6.07 Å². The van der Waals surface area contributed by atoms with Crippen LogP contribution in [0.1, 0.15) is 36.9 Å². The van der Waals surface area contributed by atoms with Gasteiger partial charge >= 0.3 is 0 Å². The molecule has 104 valence electrons. The predicted molar refractivity (Wildman–Crippen MR) is 75.7 cm³/mol. The molecule has 2 N–H and O–H groups in total. The lowest BCUT2D eigenvalue weighted by Gasteiger charge is -2.35.